The lowest BCUT2D eigenvalue weighted by molar-refractivity contribution is -0.132. The van der Waals surface area contributed by atoms with E-state index in [1.54, 1.807) is 0 Å². The van der Waals surface area contributed by atoms with Gasteiger partial charge in [-0.15, -0.1) is 0 Å². The molecule has 2 N–H and O–H groups in total. The third-order valence-electron chi connectivity index (χ3n) is 8.38. The van der Waals surface area contributed by atoms with Crippen molar-refractivity contribution in [2.45, 2.75) is 82.5 Å². The first kappa shape index (κ1) is 22.8. The summed E-state index contributed by atoms with van der Waals surface area (Å²) in [5.74, 6) is 0.910. The third kappa shape index (κ3) is 3.25. The fourth-order valence-electron chi connectivity index (χ4n) is 7.05. The van der Waals surface area contributed by atoms with Crippen molar-refractivity contribution in [2.75, 3.05) is 11.9 Å². The summed E-state index contributed by atoms with van der Waals surface area (Å²) >= 11 is 6.51. The van der Waals surface area contributed by atoms with Gasteiger partial charge >= 0.3 is 0 Å². The van der Waals surface area contributed by atoms with Crippen LogP contribution in [0, 0.1) is 11.2 Å². The molecule has 8 nitrogen and oxygen atoms in total. The van der Waals surface area contributed by atoms with E-state index < -0.39 is 11.9 Å². The van der Waals surface area contributed by atoms with E-state index in [4.69, 9.17) is 26.1 Å². The van der Waals surface area contributed by atoms with Crippen molar-refractivity contribution in [1.29, 1.82) is 0 Å². The summed E-state index contributed by atoms with van der Waals surface area (Å²) in [5, 5.41) is 14.1. The van der Waals surface area contributed by atoms with Gasteiger partial charge < -0.3 is 24.5 Å². The number of benzene rings is 1. The molecule has 36 heavy (non-hydrogen) atoms. The number of nitrogens with zero attached hydrogens (tertiary/aromatic N) is 4. The van der Waals surface area contributed by atoms with Crippen molar-refractivity contribution in [1.82, 2.24) is 19.5 Å². The van der Waals surface area contributed by atoms with E-state index in [2.05, 4.69) is 40.6 Å². The fourth-order valence-corrected chi connectivity index (χ4v) is 7.25. The number of anilines is 1. The van der Waals surface area contributed by atoms with Crippen LogP contribution in [0.15, 0.2) is 18.3 Å². The molecule has 2 aliphatic heterocycles. The Bertz CT molecular complexity index is 1370. The molecule has 2 aromatic heterocycles. The molecule has 2 saturated heterocycles. The Morgan fingerprint density at radius 3 is 2.75 bits per heavy atom. The molecule has 4 heterocycles. The van der Waals surface area contributed by atoms with Crippen molar-refractivity contribution < 1.29 is 19.0 Å². The minimum atomic E-state index is -0.752. The lowest BCUT2D eigenvalue weighted by atomic mass is 9.35. The van der Waals surface area contributed by atoms with E-state index in [1.165, 1.54) is 12.3 Å². The molecule has 4 atom stereocenters. The van der Waals surface area contributed by atoms with Crippen LogP contribution in [0.1, 0.15) is 58.3 Å². The van der Waals surface area contributed by atoms with Gasteiger partial charge in [0.2, 0.25) is 5.95 Å². The zero-order valence-corrected chi connectivity index (χ0v) is 21.2. The molecule has 3 aromatic rings. The average molecular weight is 514 g/mol. The van der Waals surface area contributed by atoms with Crippen molar-refractivity contribution in [3.8, 4) is 11.3 Å². The minimum Gasteiger partial charge on any atom is -0.388 e. The molecule has 5 aliphatic rings. The third-order valence-corrected chi connectivity index (χ3v) is 8.66. The van der Waals surface area contributed by atoms with Gasteiger partial charge in [0.1, 0.15) is 23.5 Å². The monoisotopic (exact) mass is 513 g/mol. The van der Waals surface area contributed by atoms with E-state index in [0.29, 0.717) is 46.2 Å². The van der Waals surface area contributed by atoms with E-state index in [9.17, 15) is 5.11 Å². The van der Waals surface area contributed by atoms with Crippen molar-refractivity contribution >= 4 is 28.6 Å². The molecule has 190 valence electrons. The molecule has 3 aliphatic carbocycles. The molecule has 0 amide bonds. The van der Waals surface area contributed by atoms with Gasteiger partial charge in [0.25, 0.3) is 0 Å². The molecule has 4 bridgehead atoms. The van der Waals surface area contributed by atoms with E-state index in [1.807, 2.05) is 6.07 Å². The van der Waals surface area contributed by atoms with Gasteiger partial charge in [-0.25, -0.2) is 19.3 Å². The number of rotatable bonds is 5. The van der Waals surface area contributed by atoms with Gasteiger partial charge in [0, 0.05) is 23.4 Å². The molecule has 10 heteroatoms. The highest BCUT2D eigenvalue weighted by Crippen LogP contribution is 2.73. The van der Waals surface area contributed by atoms with Crippen LogP contribution in [0.2, 0.25) is 5.02 Å². The first-order valence-corrected chi connectivity index (χ1v) is 13.0. The summed E-state index contributed by atoms with van der Waals surface area (Å²) in [7, 11) is 0. The quantitative estimate of drug-likeness (QED) is 0.515. The molecule has 0 unspecified atom stereocenters. The number of nitrogens with one attached hydrogen (secondary N) is 1. The SMILES string of the molecule is CC(C)n1c(C23CC(C)(C2)C3)nc2c(F)cc(-c3nc(N[C@@H]4C[C@H]5OC[C@H](O5)[C@H]4O)ncc3Cl)cc21. The summed E-state index contributed by atoms with van der Waals surface area (Å²) in [6.45, 7) is 6.90. The fraction of sp³-hybridized carbons (Fsp3) is 0.577. The Hall–Kier alpha value is -2.33. The maximum absolute atomic E-state index is 15.5. The van der Waals surface area contributed by atoms with Crippen molar-refractivity contribution in [3.05, 3.63) is 35.0 Å². The Kier molecular flexibility index (Phi) is 4.82. The summed E-state index contributed by atoms with van der Waals surface area (Å²) in [6.07, 6.45) is 3.83. The smallest absolute Gasteiger partial charge is 0.223 e. The molecule has 8 rings (SSSR count). The Morgan fingerprint density at radius 2 is 2.03 bits per heavy atom. The van der Waals surface area contributed by atoms with E-state index >= 15 is 4.39 Å². The van der Waals surface area contributed by atoms with Crippen LogP contribution in [-0.4, -0.2) is 55.8 Å². The van der Waals surface area contributed by atoms with Gasteiger partial charge in [-0.2, -0.15) is 0 Å². The topological polar surface area (TPSA) is 94.3 Å². The number of fused-ring (bicyclic) bond motifs is 3. The molecule has 3 saturated carbocycles. The summed E-state index contributed by atoms with van der Waals surface area (Å²) < 4.78 is 28.8. The average Bonchev–Trinajstić information content (AvgIpc) is 3.38. The Morgan fingerprint density at radius 1 is 1.25 bits per heavy atom. The second-order valence-electron chi connectivity index (χ2n) is 11.7. The Balaban J connectivity index is 1.27. The van der Waals surface area contributed by atoms with Gasteiger partial charge in [0.15, 0.2) is 12.1 Å². The van der Waals surface area contributed by atoms with Gasteiger partial charge in [-0.05, 0) is 50.7 Å². The number of aliphatic hydroxyl groups is 1. The van der Waals surface area contributed by atoms with Crippen LogP contribution in [0.4, 0.5) is 10.3 Å². The zero-order chi connectivity index (χ0) is 25.0. The van der Waals surface area contributed by atoms with Crippen LogP contribution in [0.5, 0.6) is 0 Å². The zero-order valence-electron chi connectivity index (χ0n) is 20.5. The van der Waals surface area contributed by atoms with E-state index in [0.717, 1.165) is 30.6 Å². The predicted molar refractivity (Wildman–Crippen MR) is 132 cm³/mol. The van der Waals surface area contributed by atoms with Crippen LogP contribution in [0.3, 0.4) is 0 Å². The maximum Gasteiger partial charge on any atom is 0.223 e. The summed E-state index contributed by atoms with van der Waals surface area (Å²) in [5.41, 5.74) is 2.62. The minimum absolute atomic E-state index is 0.0714. The predicted octanol–water partition coefficient (Wildman–Crippen LogP) is 4.59. The van der Waals surface area contributed by atoms with Gasteiger partial charge in [-0.3, -0.25) is 0 Å². The maximum atomic E-state index is 15.5. The lowest BCUT2D eigenvalue weighted by Crippen LogP contribution is -2.63. The number of halogens is 2. The molecule has 0 radical (unpaired) electrons. The summed E-state index contributed by atoms with van der Waals surface area (Å²) in [4.78, 5) is 13.8. The highest BCUT2D eigenvalue weighted by atomic mass is 35.5. The van der Waals surface area contributed by atoms with Gasteiger partial charge in [0.05, 0.1) is 35.1 Å². The normalized spacial score (nSPS) is 34.6. The molecule has 0 spiro atoms. The number of aromatic nitrogens is 4. The lowest BCUT2D eigenvalue weighted by Gasteiger charge is -2.69. The van der Waals surface area contributed by atoms with Crippen LogP contribution >= 0.6 is 11.6 Å². The largest absolute Gasteiger partial charge is 0.388 e. The standard InChI is InChI=1S/C26H29ClFN5O3/c1-12(2)33-17-5-13(4-15(28)21(17)31-23(33)26-9-25(3,10-26)11-26)20-14(27)7-29-24(32-20)30-16-6-19-35-8-18(36-19)22(16)34/h4-5,7,12,16,18-19,22,34H,6,8-11H2,1-3H3,(H,29,30,32)/t16-,18+,19+,22+,25?,26?/m1/s1. The molecule has 1 aromatic carbocycles. The Labute approximate surface area is 213 Å². The highest BCUT2D eigenvalue weighted by molar-refractivity contribution is 6.33. The number of ether oxygens (including phenoxy) is 2. The molecular formula is C26H29ClFN5O3. The first-order valence-electron chi connectivity index (χ1n) is 12.6. The number of aliphatic hydroxyl groups excluding tert-OH is 1. The first-order chi connectivity index (χ1) is 17.1. The van der Waals surface area contributed by atoms with Crippen LogP contribution < -0.4 is 5.32 Å². The van der Waals surface area contributed by atoms with E-state index in [-0.39, 0.29) is 29.9 Å². The van der Waals surface area contributed by atoms with Crippen LogP contribution in [0.25, 0.3) is 22.3 Å². The molecule has 5 fully saturated rings. The number of imidazole rings is 1. The molecular weight excluding hydrogens is 485 g/mol. The van der Waals surface area contributed by atoms with Crippen LogP contribution in [-0.2, 0) is 14.9 Å². The summed E-state index contributed by atoms with van der Waals surface area (Å²) in [6, 6.07) is 3.18. The highest BCUT2D eigenvalue weighted by Gasteiger charge is 2.67. The second kappa shape index (κ2) is 7.60. The van der Waals surface area contributed by atoms with Crippen molar-refractivity contribution in [2.24, 2.45) is 5.41 Å². The van der Waals surface area contributed by atoms with Gasteiger partial charge in [-0.1, -0.05) is 18.5 Å². The second-order valence-corrected chi connectivity index (χ2v) is 12.1. The van der Waals surface area contributed by atoms with Crippen molar-refractivity contribution in [3.63, 3.8) is 0 Å². The number of hydrogen-bond donors (Lipinski definition) is 2. The number of hydrogen-bond acceptors (Lipinski definition) is 7.